The Morgan fingerprint density at radius 2 is 2.20 bits per heavy atom. The van der Waals surface area contributed by atoms with Crippen LogP contribution in [0.1, 0.15) is 13.8 Å². The van der Waals surface area contributed by atoms with Crippen LogP contribution in [0, 0.1) is 5.92 Å². The first kappa shape index (κ1) is 7.06. The van der Waals surface area contributed by atoms with Crippen molar-refractivity contribution in [3.63, 3.8) is 0 Å². The van der Waals surface area contributed by atoms with Crippen LogP contribution in [-0.2, 0) is 0 Å². The molecule has 54 valence electrons. The Labute approximate surface area is 61.3 Å². The lowest BCUT2D eigenvalue weighted by atomic mass is 10.1. The summed E-state index contributed by atoms with van der Waals surface area (Å²) in [5, 5.41) is 4.09. The van der Waals surface area contributed by atoms with Crippen molar-refractivity contribution >= 4 is 5.71 Å². The molecule has 0 aromatic carbocycles. The predicted molar refractivity (Wildman–Crippen MR) is 43.7 cm³/mol. The van der Waals surface area contributed by atoms with Gasteiger partial charge in [0.05, 0.1) is 5.71 Å². The number of rotatable bonds is 1. The van der Waals surface area contributed by atoms with E-state index in [-0.39, 0.29) is 0 Å². The molecule has 0 amide bonds. The molecule has 1 aliphatic heterocycles. The van der Waals surface area contributed by atoms with Crippen LogP contribution < -0.4 is 5.43 Å². The zero-order valence-electron chi connectivity index (χ0n) is 6.39. The smallest absolute Gasteiger partial charge is 0.0633 e. The number of nitrogens with zero attached hydrogens (tertiary/aromatic N) is 1. The fourth-order valence-electron chi connectivity index (χ4n) is 0.718. The summed E-state index contributed by atoms with van der Waals surface area (Å²) in [6, 6.07) is 0. The summed E-state index contributed by atoms with van der Waals surface area (Å²) in [6.07, 6.45) is 3.92. The van der Waals surface area contributed by atoms with E-state index in [1.165, 1.54) is 0 Å². The van der Waals surface area contributed by atoms with Crippen molar-refractivity contribution in [1.82, 2.24) is 5.43 Å². The van der Waals surface area contributed by atoms with E-state index in [0.29, 0.717) is 5.92 Å². The summed E-state index contributed by atoms with van der Waals surface area (Å²) >= 11 is 0. The maximum absolute atomic E-state index is 4.09. The van der Waals surface area contributed by atoms with Gasteiger partial charge in [-0.2, -0.15) is 5.10 Å². The minimum absolute atomic E-state index is 0.483. The van der Waals surface area contributed by atoms with Gasteiger partial charge in [-0.25, -0.2) is 0 Å². The van der Waals surface area contributed by atoms with Gasteiger partial charge in [-0.05, 0) is 18.1 Å². The van der Waals surface area contributed by atoms with E-state index in [2.05, 4.69) is 31.0 Å². The van der Waals surface area contributed by atoms with Crippen LogP contribution in [-0.4, -0.2) is 5.71 Å². The maximum atomic E-state index is 4.09. The zero-order valence-corrected chi connectivity index (χ0v) is 6.39. The summed E-state index contributed by atoms with van der Waals surface area (Å²) in [7, 11) is 0. The summed E-state index contributed by atoms with van der Waals surface area (Å²) in [5.41, 5.74) is 4.75. The highest BCUT2D eigenvalue weighted by Crippen LogP contribution is 2.04. The minimum Gasteiger partial charge on any atom is -0.279 e. The first-order valence-corrected chi connectivity index (χ1v) is 3.40. The second-order valence-corrected chi connectivity index (χ2v) is 2.66. The molecule has 0 radical (unpaired) electrons. The van der Waals surface area contributed by atoms with E-state index in [0.717, 1.165) is 11.4 Å². The van der Waals surface area contributed by atoms with E-state index in [1.807, 2.05) is 12.2 Å². The van der Waals surface area contributed by atoms with Crippen molar-refractivity contribution in [3.8, 4) is 0 Å². The third-order valence-electron chi connectivity index (χ3n) is 1.38. The third-order valence-corrected chi connectivity index (χ3v) is 1.38. The van der Waals surface area contributed by atoms with Gasteiger partial charge in [0.25, 0.3) is 0 Å². The van der Waals surface area contributed by atoms with Crippen molar-refractivity contribution in [2.24, 2.45) is 11.0 Å². The Hall–Kier alpha value is -1.05. The SMILES string of the molecule is C=C1C=CC(C(C)C)=NN1. The lowest BCUT2D eigenvalue weighted by molar-refractivity contribution is 0.831. The van der Waals surface area contributed by atoms with Gasteiger partial charge in [0.2, 0.25) is 0 Å². The fourth-order valence-corrected chi connectivity index (χ4v) is 0.718. The largest absolute Gasteiger partial charge is 0.279 e. The molecule has 0 aliphatic carbocycles. The van der Waals surface area contributed by atoms with Crippen molar-refractivity contribution in [3.05, 3.63) is 24.4 Å². The van der Waals surface area contributed by atoms with Crippen LogP contribution in [0.4, 0.5) is 0 Å². The maximum Gasteiger partial charge on any atom is 0.0633 e. The Morgan fingerprint density at radius 1 is 1.50 bits per heavy atom. The summed E-state index contributed by atoms with van der Waals surface area (Å²) < 4.78 is 0. The summed E-state index contributed by atoms with van der Waals surface area (Å²) in [4.78, 5) is 0. The molecule has 0 atom stereocenters. The van der Waals surface area contributed by atoms with Gasteiger partial charge in [-0.1, -0.05) is 20.4 Å². The van der Waals surface area contributed by atoms with Gasteiger partial charge in [0, 0.05) is 5.70 Å². The molecule has 0 fully saturated rings. The Morgan fingerprint density at radius 3 is 2.60 bits per heavy atom. The molecule has 1 aliphatic rings. The zero-order chi connectivity index (χ0) is 7.56. The fraction of sp³-hybridized carbons (Fsp3) is 0.375. The number of allylic oxidation sites excluding steroid dienone is 2. The lowest BCUT2D eigenvalue weighted by Crippen LogP contribution is -2.15. The monoisotopic (exact) mass is 136 g/mol. The second kappa shape index (κ2) is 2.69. The number of hydrogen-bond acceptors (Lipinski definition) is 2. The van der Waals surface area contributed by atoms with Crippen molar-refractivity contribution < 1.29 is 0 Å². The Balaban J connectivity index is 2.67. The molecular weight excluding hydrogens is 124 g/mol. The van der Waals surface area contributed by atoms with Crippen LogP contribution in [0.15, 0.2) is 29.5 Å². The van der Waals surface area contributed by atoms with E-state index in [1.54, 1.807) is 0 Å². The molecule has 0 aromatic rings. The minimum atomic E-state index is 0.483. The van der Waals surface area contributed by atoms with Crippen LogP contribution in [0.25, 0.3) is 0 Å². The number of nitrogens with one attached hydrogen (secondary N) is 1. The molecule has 0 unspecified atom stereocenters. The topological polar surface area (TPSA) is 24.4 Å². The lowest BCUT2D eigenvalue weighted by Gasteiger charge is -2.10. The summed E-state index contributed by atoms with van der Waals surface area (Å²) in [6.45, 7) is 7.92. The second-order valence-electron chi connectivity index (χ2n) is 2.66. The highest BCUT2D eigenvalue weighted by Gasteiger charge is 2.03. The van der Waals surface area contributed by atoms with Gasteiger partial charge in [-0.15, -0.1) is 0 Å². The average molecular weight is 136 g/mol. The third kappa shape index (κ3) is 1.47. The first-order valence-electron chi connectivity index (χ1n) is 3.40. The molecule has 10 heavy (non-hydrogen) atoms. The summed E-state index contributed by atoms with van der Waals surface area (Å²) in [5.74, 6) is 0.483. The van der Waals surface area contributed by atoms with Gasteiger partial charge in [-0.3, -0.25) is 5.43 Å². The Bertz CT molecular complexity index is 199. The van der Waals surface area contributed by atoms with Crippen LogP contribution >= 0.6 is 0 Å². The van der Waals surface area contributed by atoms with Gasteiger partial charge >= 0.3 is 0 Å². The van der Waals surface area contributed by atoms with Crippen molar-refractivity contribution in [2.45, 2.75) is 13.8 Å². The van der Waals surface area contributed by atoms with Crippen LogP contribution in [0.3, 0.4) is 0 Å². The highest BCUT2D eigenvalue weighted by atomic mass is 15.3. The molecule has 0 spiro atoms. The normalized spacial score (nSPS) is 17.1. The van der Waals surface area contributed by atoms with Crippen molar-refractivity contribution in [1.29, 1.82) is 0 Å². The van der Waals surface area contributed by atoms with E-state index in [4.69, 9.17) is 0 Å². The van der Waals surface area contributed by atoms with Gasteiger partial charge < -0.3 is 0 Å². The molecule has 1 heterocycles. The van der Waals surface area contributed by atoms with E-state index >= 15 is 0 Å². The molecule has 0 saturated heterocycles. The number of hydrazone groups is 1. The van der Waals surface area contributed by atoms with Crippen molar-refractivity contribution in [2.75, 3.05) is 0 Å². The molecule has 2 nitrogen and oxygen atoms in total. The molecule has 0 saturated carbocycles. The molecule has 1 rings (SSSR count). The molecule has 0 aromatic heterocycles. The van der Waals surface area contributed by atoms with Crippen LogP contribution in [0.2, 0.25) is 0 Å². The van der Waals surface area contributed by atoms with E-state index < -0.39 is 0 Å². The average Bonchev–Trinajstić information content (AvgIpc) is 1.88. The van der Waals surface area contributed by atoms with E-state index in [9.17, 15) is 0 Å². The van der Waals surface area contributed by atoms with Gasteiger partial charge in [0.15, 0.2) is 0 Å². The Kier molecular flexibility index (Phi) is 1.90. The first-order chi connectivity index (χ1) is 4.70. The molecule has 0 bridgehead atoms. The highest BCUT2D eigenvalue weighted by molar-refractivity contribution is 5.97. The molecule has 2 heteroatoms. The molecular formula is C8H12N2. The predicted octanol–water partition coefficient (Wildman–Crippen LogP) is 1.67. The number of hydrogen-bond donors (Lipinski definition) is 1. The molecule has 1 N–H and O–H groups in total. The standard InChI is InChI=1S/C8H12N2/c1-6(2)8-5-4-7(3)9-10-8/h4-6,9H,3H2,1-2H3. The van der Waals surface area contributed by atoms with Gasteiger partial charge in [0.1, 0.15) is 0 Å². The van der Waals surface area contributed by atoms with Crippen LogP contribution in [0.5, 0.6) is 0 Å². The quantitative estimate of drug-likeness (QED) is 0.582.